The monoisotopic (exact) mass is 171 g/mol. The first-order chi connectivity index (χ1) is 4.22. The van der Waals surface area contributed by atoms with Gasteiger partial charge < -0.3 is 10.5 Å². The first-order valence-corrected chi connectivity index (χ1v) is 2.64. The molecule has 0 radical (unpaired) electrons. The molecular formula is C5H11ClFNO2. The second kappa shape index (κ2) is 6.77. The molecule has 1 unspecified atom stereocenters. The summed E-state index contributed by atoms with van der Waals surface area (Å²) in [6.07, 6.45) is -1.52. The number of alkyl halides is 1. The van der Waals surface area contributed by atoms with Gasteiger partial charge in [0.2, 0.25) is 0 Å². The number of hydrogen-bond acceptors (Lipinski definition) is 3. The first kappa shape index (κ1) is 12.3. The van der Waals surface area contributed by atoms with Gasteiger partial charge in [-0.3, -0.25) is 0 Å². The summed E-state index contributed by atoms with van der Waals surface area (Å²) < 4.78 is 16.3. The van der Waals surface area contributed by atoms with E-state index in [4.69, 9.17) is 5.73 Å². The van der Waals surface area contributed by atoms with Crippen LogP contribution in [-0.2, 0) is 9.53 Å². The van der Waals surface area contributed by atoms with Crippen molar-refractivity contribution >= 4 is 18.4 Å². The van der Waals surface area contributed by atoms with E-state index >= 15 is 0 Å². The number of methoxy groups -OCH3 is 1. The van der Waals surface area contributed by atoms with Gasteiger partial charge in [0.15, 0.2) is 6.17 Å². The van der Waals surface area contributed by atoms with E-state index in [1.807, 2.05) is 0 Å². The number of ether oxygens (including phenoxy) is 1. The van der Waals surface area contributed by atoms with Gasteiger partial charge in [-0.15, -0.1) is 12.4 Å². The number of rotatable bonds is 3. The third-order valence-corrected chi connectivity index (χ3v) is 0.877. The van der Waals surface area contributed by atoms with E-state index in [1.165, 1.54) is 0 Å². The molecule has 3 nitrogen and oxygen atoms in total. The van der Waals surface area contributed by atoms with Crippen molar-refractivity contribution in [1.82, 2.24) is 0 Å². The number of hydrogen-bond donors (Lipinski definition) is 1. The van der Waals surface area contributed by atoms with Gasteiger partial charge in [0.1, 0.15) is 0 Å². The highest BCUT2D eigenvalue weighted by atomic mass is 35.5. The Morgan fingerprint density at radius 3 is 2.60 bits per heavy atom. The molecule has 0 aromatic rings. The molecule has 0 amide bonds. The maximum Gasteiger partial charge on any atom is 0.340 e. The first-order valence-electron chi connectivity index (χ1n) is 2.64. The second-order valence-corrected chi connectivity index (χ2v) is 1.57. The van der Waals surface area contributed by atoms with Crippen LogP contribution < -0.4 is 5.73 Å². The van der Waals surface area contributed by atoms with Crippen LogP contribution >= 0.6 is 12.4 Å². The maximum atomic E-state index is 12.2. The fourth-order valence-corrected chi connectivity index (χ4v) is 0.392. The van der Waals surface area contributed by atoms with Gasteiger partial charge in [-0.1, -0.05) is 0 Å². The summed E-state index contributed by atoms with van der Waals surface area (Å²) in [5, 5.41) is 0. The van der Waals surface area contributed by atoms with Gasteiger partial charge in [-0.25, -0.2) is 9.18 Å². The molecule has 0 bridgehead atoms. The predicted molar refractivity (Wildman–Crippen MR) is 37.8 cm³/mol. The van der Waals surface area contributed by atoms with Crippen molar-refractivity contribution in [1.29, 1.82) is 0 Å². The summed E-state index contributed by atoms with van der Waals surface area (Å²) in [7, 11) is 1.14. The van der Waals surface area contributed by atoms with Crippen molar-refractivity contribution in [3.63, 3.8) is 0 Å². The molecule has 0 aromatic heterocycles. The molecule has 62 valence electrons. The highest BCUT2D eigenvalue weighted by Crippen LogP contribution is 1.97. The number of esters is 1. The van der Waals surface area contributed by atoms with Gasteiger partial charge >= 0.3 is 5.97 Å². The summed E-state index contributed by atoms with van der Waals surface area (Å²) in [5.41, 5.74) is 4.97. The van der Waals surface area contributed by atoms with Crippen LogP contribution in [0.2, 0.25) is 0 Å². The van der Waals surface area contributed by atoms with Crippen molar-refractivity contribution in [2.24, 2.45) is 5.73 Å². The molecule has 0 aliphatic rings. The lowest BCUT2D eigenvalue weighted by Gasteiger charge is -2.01. The van der Waals surface area contributed by atoms with Gasteiger partial charge in [-0.2, -0.15) is 0 Å². The van der Waals surface area contributed by atoms with Crippen molar-refractivity contribution < 1.29 is 13.9 Å². The Hall–Kier alpha value is -0.350. The Labute approximate surface area is 65.1 Å². The molecule has 0 aliphatic heterocycles. The summed E-state index contributed by atoms with van der Waals surface area (Å²) >= 11 is 0. The topological polar surface area (TPSA) is 52.3 Å². The lowest BCUT2D eigenvalue weighted by molar-refractivity contribution is -0.146. The van der Waals surface area contributed by atoms with E-state index in [9.17, 15) is 9.18 Å². The van der Waals surface area contributed by atoms with Crippen molar-refractivity contribution in [3.8, 4) is 0 Å². The molecule has 0 spiro atoms. The number of carbonyl (C=O) groups is 1. The Bertz CT molecular complexity index is 102. The van der Waals surface area contributed by atoms with Gasteiger partial charge in [0.25, 0.3) is 0 Å². The Kier molecular flexibility index (Phi) is 8.35. The number of carbonyl (C=O) groups excluding carboxylic acids is 1. The Balaban J connectivity index is 0. The lowest BCUT2D eigenvalue weighted by atomic mass is 10.3. The Morgan fingerprint density at radius 1 is 1.80 bits per heavy atom. The zero-order valence-corrected chi connectivity index (χ0v) is 6.49. The van der Waals surface area contributed by atoms with Crippen molar-refractivity contribution in [2.75, 3.05) is 13.7 Å². The molecule has 0 aromatic carbocycles. The summed E-state index contributed by atoms with van der Waals surface area (Å²) in [5.74, 6) is -0.847. The van der Waals surface area contributed by atoms with Crippen LogP contribution in [0.1, 0.15) is 6.42 Å². The maximum absolute atomic E-state index is 12.2. The SMILES string of the molecule is COC(=O)C(F)CCN.Cl. The molecule has 0 heterocycles. The van der Waals surface area contributed by atoms with Crippen LogP contribution in [0.4, 0.5) is 4.39 Å². The molecule has 0 saturated carbocycles. The van der Waals surface area contributed by atoms with Crippen molar-refractivity contribution in [3.05, 3.63) is 0 Å². The van der Waals surface area contributed by atoms with Crippen LogP contribution in [0.15, 0.2) is 0 Å². The third kappa shape index (κ3) is 4.52. The lowest BCUT2D eigenvalue weighted by Crippen LogP contribution is -2.20. The molecule has 2 N–H and O–H groups in total. The summed E-state index contributed by atoms with van der Waals surface area (Å²) in [4.78, 5) is 10.2. The van der Waals surface area contributed by atoms with Crippen molar-refractivity contribution in [2.45, 2.75) is 12.6 Å². The predicted octanol–water partition coefficient (Wildman–Crippen LogP) is 0.268. The van der Waals surface area contributed by atoms with E-state index in [0.717, 1.165) is 7.11 Å². The standard InChI is InChI=1S/C5H10FNO2.ClH/c1-9-5(8)4(6)2-3-7;/h4H,2-3,7H2,1H3;1H. The quantitative estimate of drug-likeness (QED) is 0.621. The Morgan fingerprint density at radius 2 is 2.30 bits per heavy atom. The normalized spacial score (nSPS) is 11.5. The minimum atomic E-state index is -1.56. The molecule has 0 saturated heterocycles. The van der Waals surface area contributed by atoms with E-state index in [0.29, 0.717) is 0 Å². The van der Waals surface area contributed by atoms with Crippen LogP contribution in [0, 0.1) is 0 Å². The fraction of sp³-hybridized carbons (Fsp3) is 0.800. The molecule has 5 heteroatoms. The van der Waals surface area contributed by atoms with Crippen LogP contribution in [0.5, 0.6) is 0 Å². The van der Waals surface area contributed by atoms with Gasteiger partial charge in [0, 0.05) is 6.42 Å². The van der Waals surface area contributed by atoms with E-state index in [2.05, 4.69) is 4.74 Å². The average Bonchev–Trinajstić information content (AvgIpc) is 1.87. The molecular weight excluding hydrogens is 161 g/mol. The van der Waals surface area contributed by atoms with Gasteiger partial charge in [-0.05, 0) is 6.54 Å². The highest BCUT2D eigenvalue weighted by Gasteiger charge is 2.15. The minimum absolute atomic E-state index is 0. The average molecular weight is 172 g/mol. The minimum Gasteiger partial charge on any atom is -0.467 e. The van der Waals surface area contributed by atoms with E-state index < -0.39 is 12.1 Å². The summed E-state index contributed by atoms with van der Waals surface area (Å²) in [6, 6.07) is 0. The zero-order valence-electron chi connectivity index (χ0n) is 5.67. The number of halogens is 2. The third-order valence-electron chi connectivity index (χ3n) is 0.877. The summed E-state index contributed by atoms with van der Waals surface area (Å²) in [6.45, 7) is 0.163. The van der Waals surface area contributed by atoms with Crippen LogP contribution in [0.25, 0.3) is 0 Å². The molecule has 10 heavy (non-hydrogen) atoms. The van der Waals surface area contributed by atoms with E-state index in [1.54, 1.807) is 0 Å². The molecule has 0 aliphatic carbocycles. The van der Waals surface area contributed by atoms with Crippen LogP contribution in [0.3, 0.4) is 0 Å². The van der Waals surface area contributed by atoms with Crippen LogP contribution in [-0.4, -0.2) is 25.8 Å². The fourth-order valence-electron chi connectivity index (χ4n) is 0.392. The highest BCUT2D eigenvalue weighted by molar-refractivity contribution is 5.85. The second-order valence-electron chi connectivity index (χ2n) is 1.57. The largest absolute Gasteiger partial charge is 0.467 e. The number of nitrogens with two attached hydrogens (primary N) is 1. The van der Waals surface area contributed by atoms with E-state index in [-0.39, 0.29) is 25.4 Å². The molecule has 1 atom stereocenters. The smallest absolute Gasteiger partial charge is 0.340 e. The molecule has 0 fully saturated rings. The molecule has 0 rings (SSSR count). The zero-order chi connectivity index (χ0) is 7.28. The van der Waals surface area contributed by atoms with Gasteiger partial charge in [0.05, 0.1) is 7.11 Å².